The number of nitrogens with two attached hydrogens (primary N) is 1. The molecular weight excluding hydrogens is 350 g/mol. The van der Waals surface area contributed by atoms with Crippen molar-refractivity contribution in [3.63, 3.8) is 0 Å². The maximum absolute atomic E-state index is 12.4. The SMILES string of the molecule is CC(OC(=O)c1ccccc1NCCO)C(=O)Nc1ccc(C(N)=O)cc1. The second kappa shape index (κ2) is 9.35. The molecule has 0 heterocycles. The first-order valence-electron chi connectivity index (χ1n) is 8.28. The molecule has 0 bridgehead atoms. The molecule has 0 aliphatic carbocycles. The molecule has 0 aromatic heterocycles. The van der Waals surface area contributed by atoms with Crippen LogP contribution in [0.5, 0.6) is 0 Å². The Balaban J connectivity index is 1.99. The van der Waals surface area contributed by atoms with Crippen molar-refractivity contribution in [2.45, 2.75) is 13.0 Å². The summed E-state index contributed by atoms with van der Waals surface area (Å²) in [7, 11) is 0. The van der Waals surface area contributed by atoms with Crippen LogP contribution in [0.2, 0.25) is 0 Å². The number of esters is 1. The lowest BCUT2D eigenvalue weighted by molar-refractivity contribution is -0.123. The first kappa shape index (κ1) is 19.9. The summed E-state index contributed by atoms with van der Waals surface area (Å²) in [4.78, 5) is 35.6. The number of anilines is 2. The number of hydrogen-bond acceptors (Lipinski definition) is 6. The van der Waals surface area contributed by atoms with E-state index in [2.05, 4.69) is 10.6 Å². The van der Waals surface area contributed by atoms with E-state index in [-0.39, 0.29) is 18.7 Å². The van der Waals surface area contributed by atoms with E-state index in [1.165, 1.54) is 31.2 Å². The number of nitrogens with one attached hydrogen (secondary N) is 2. The van der Waals surface area contributed by atoms with Crippen molar-refractivity contribution in [3.8, 4) is 0 Å². The lowest BCUT2D eigenvalue weighted by Crippen LogP contribution is -2.30. The second-order valence-corrected chi connectivity index (χ2v) is 5.67. The maximum Gasteiger partial charge on any atom is 0.341 e. The predicted molar refractivity (Wildman–Crippen MR) is 100 cm³/mol. The Bertz CT molecular complexity index is 820. The summed E-state index contributed by atoms with van der Waals surface area (Å²) in [5, 5.41) is 14.4. The molecule has 27 heavy (non-hydrogen) atoms. The molecule has 8 heteroatoms. The van der Waals surface area contributed by atoms with Crippen molar-refractivity contribution < 1.29 is 24.2 Å². The van der Waals surface area contributed by atoms with Crippen LogP contribution < -0.4 is 16.4 Å². The van der Waals surface area contributed by atoms with E-state index < -0.39 is 23.9 Å². The minimum absolute atomic E-state index is 0.0866. The van der Waals surface area contributed by atoms with Gasteiger partial charge in [0.15, 0.2) is 6.10 Å². The lowest BCUT2D eigenvalue weighted by atomic mass is 10.1. The number of carbonyl (C=O) groups is 3. The van der Waals surface area contributed by atoms with Crippen LogP contribution >= 0.6 is 0 Å². The minimum Gasteiger partial charge on any atom is -0.449 e. The highest BCUT2D eigenvalue weighted by atomic mass is 16.5. The summed E-state index contributed by atoms with van der Waals surface area (Å²) < 4.78 is 5.23. The summed E-state index contributed by atoms with van der Waals surface area (Å²) in [5.74, 6) is -1.75. The third-order valence-electron chi connectivity index (χ3n) is 3.66. The van der Waals surface area contributed by atoms with Crippen molar-refractivity contribution in [3.05, 3.63) is 59.7 Å². The Kier molecular flexibility index (Phi) is 6.90. The van der Waals surface area contributed by atoms with Crippen LogP contribution in [-0.2, 0) is 9.53 Å². The van der Waals surface area contributed by atoms with Crippen molar-refractivity contribution in [1.82, 2.24) is 0 Å². The zero-order valence-electron chi connectivity index (χ0n) is 14.8. The highest BCUT2D eigenvalue weighted by Gasteiger charge is 2.21. The fraction of sp³-hybridized carbons (Fsp3) is 0.211. The molecule has 0 aliphatic rings. The summed E-state index contributed by atoms with van der Waals surface area (Å²) >= 11 is 0. The summed E-state index contributed by atoms with van der Waals surface area (Å²) in [5.41, 5.74) is 6.69. The molecule has 2 amide bonds. The number of aliphatic hydroxyl groups excluding tert-OH is 1. The fourth-order valence-corrected chi connectivity index (χ4v) is 2.25. The van der Waals surface area contributed by atoms with E-state index in [9.17, 15) is 14.4 Å². The van der Waals surface area contributed by atoms with Gasteiger partial charge in [0.05, 0.1) is 12.2 Å². The number of ether oxygens (including phenoxy) is 1. The van der Waals surface area contributed by atoms with Crippen molar-refractivity contribution >= 4 is 29.2 Å². The molecule has 0 saturated carbocycles. The number of para-hydroxylation sites is 1. The molecule has 2 aromatic carbocycles. The maximum atomic E-state index is 12.4. The van der Waals surface area contributed by atoms with Crippen LogP contribution in [0.15, 0.2) is 48.5 Å². The zero-order chi connectivity index (χ0) is 19.8. The second-order valence-electron chi connectivity index (χ2n) is 5.67. The van der Waals surface area contributed by atoms with E-state index in [0.29, 0.717) is 16.9 Å². The number of hydrogen-bond donors (Lipinski definition) is 4. The summed E-state index contributed by atoms with van der Waals surface area (Å²) in [6, 6.07) is 12.7. The van der Waals surface area contributed by atoms with Crippen LogP contribution in [-0.4, -0.2) is 42.1 Å². The van der Waals surface area contributed by atoms with Gasteiger partial charge in [-0.3, -0.25) is 9.59 Å². The Hall–Kier alpha value is -3.39. The molecule has 0 saturated heterocycles. The van der Waals surface area contributed by atoms with Crippen molar-refractivity contribution in [1.29, 1.82) is 0 Å². The Morgan fingerprint density at radius 3 is 2.41 bits per heavy atom. The van der Waals surface area contributed by atoms with Gasteiger partial charge in [-0.05, 0) is 43.3 Å². The predicted octanol–water partition coefficient (Wildman–Crippen LogP) is 1.37. The van der Waals surface area contributed by atoms with Gasteiger partial charge < -0.3 is 26.2 Å². The molecule has 0 fully saturated rings. The standard InChI is InChI=1S/C19H21N3O5/c1-12(18(25)22-14-8-6-13(7-9-14)17(20)24)27-19(26)15-4-2-3-5-16(15)21-10-11-23/h2-9,12,21,23H,10-11H2,1H3,(H2,20,24)(H,22,25). The lowest BCUT2D eigenvalue weighted by Gasteiger charge is -2.15. The molecule has 1 atom stereocenters. The number of aliphatic hydroxyl groups is 1. The van der Waals surface area contributed by atoms with E-state index in [1.807, 2.05) is 0 Å². The molecule has 5 N–H and O–H groups in total. The van der Waals surface area contributed by atoms with Gasteiger partial charge in [-0.15, -0.1) is 0 Å². The smallest absolute Gasteiger partial charge is 0.341 e. The Morgan fingerprint density at radius 1 is 1.11 bits per heavy atom. The number of benzene rings is 2. The van der Waals surface area contributed by atoms with Gasteiger partial charge in [-0.2, -0.15) is 0 Å². The molecule has 0 aliphatic heterocycles. The van der Waals surface area contributed by atoms with Gasteiger partial charge in [0.1, 0.15) is 0 Å². The molecule has 142 valence electrons. The van der Waals surface area contributed by atoms with Gasteiger partial charge in [-0.1, -0.05) is 12.1 Å². The quantitative estimate of drug-likeness (QED) is 0.519. The zero-order valence-corrected chi connectivity index (χ0v) is 14.8. The van der Waals surface area contributed by atoms with Crippen LogP contribution in [0.4, 0.5) is 11.4 Å². The first-order chi connectivity index (χ1) is 12.9. The fourth-order valence-electron chi connectivity index (χ4n) is 2.25. The van der Waals surface area contributed by atoms with E-state index in [1.54, 1.807) is 24.3 Å². The van der Waals surface area contributed by atoms with Gasteiger partial charge in [0.2, 0.25) is 5.91 Å². The minimum atomic E-state index is -1.04. The molecule has 0 radical (unpaired) electrons. The molecule has 0 spiro atoms. The third-order valence-corrected chi connectivity index (χ3v) is 3.66. The van der Waals surface area contributed by atoms with Gasteiger partial charge in [-0.25, -0.2) is 4.79 Å². The largest absolute Gasteiger partial charge is 0.449 e. The molecule has 8 nitrogen and oxygen atoms in total. The van der Waals surface area contributed by atoms with Gasteiger partial charge >= 0.3 is 5.97 Å². The summed E-state index contributed by atoms with van der Waals surface area (Å²) in [6.45, 7) is 1.65. The highest BCUT2D eigenvalue weighted by Crippen LogP contribution is 2.17. The van der Waals surface area contributed by atoms with Crippen molar-refractivity contribution in [2.75, 3.05) is 23.8 Å². The average molecular weight is 371 g/mol. The highest BCUT2D eigenvalue weighted by molar-refractivity contribution is 6.00. The van der Waals surface area contributed by atoms with Crippen molar-refractivity contribution in [2.24, 2.45) is 5.73 Å². The number of rotatable bonds is 8. The van der Waals surface area contributed by atoms with Crippen LogP contribution in [0, 0.1) is 0 Å². The monoisotopic (exact) mass is 371 g/mol. The summed E-state index contributed by atoms with van der Waals surface area (Å²) in [6.07, 6.45) is -1.04. The Morgan fingerprint density at radius 2 is 1.78 bits per heavy atom. The Labute approximate surface area is 156 Å². The number of primary amides is 1. The normalized spacial score (nSPS) is 11.3. The molecule has 2 rings (SSSR count). The van der Waals surface area contributed by atoms with Gasteiger partial charge in [0, 0.05) is 23.5 Å². The van der Waals surface area contributed by atoms with Gasteiger partial charge in [0.25, 0.3) is 5.91 Å². The van der Waals surface area contributed by atoms with E-state index in [0.717, 1.165) is 0 Å². The number of amides is 2. The van der Waals surface area contributed by atoms with E-state index >= 15 is 0 Å². The molecular formula is C19H21N3O5. The van der Waals surface area contributed by atoms with Crippen LogP contribution in [0.3, 0.4) is 0 Å². The third kappa shape index (κ3) is 5.55. The molecule has 2 aromatic rings. The molecule has 1 unspecified atom stereocenters. The van der Waals surface area contributed by atoms with E-state index in [4.69, 9.17) is 15.6 Å². The topological polar surface area (TPSA) is 131 Å². The van der Waals surface area contributed by atoms with Crippen LogP contribution in [0.1, 0.15) is 27.6 Å². The van der Waals surface area contributed by atoms with Crippen LogP contribution in [0.25, 0.3) is 0 Å². The average Bonchev–Trinajstić information content (AvgIpc) is 2.66. The number of carbonyl (C=O) groups excluding carboxylic acids is 3. The first-order valence-corrected chi connectivity index (χ1v) is 8.28.